The van der Waals surface area contributed by atoms with Gasteiger partial charge in [-0.15, -0.1) is 0 Å². The van der Waals surface area contributed by atoms with Gasteiger partial charge < -0.3 is 4.57 Å². The van der Waals surface area contributed by atoms with E-state index in [0.29, 0.717) is 5.82 Å². The summed E-state index contributed by atoms with van der Waals surface area (Å²) < 4.78 is 2.35. The van der Waals surface area contributed by atoms with Gasteiger partial charge in [0.1, 0.15) is 0 Å². The lowest BCUT2D eigenvalue weighted by Crippen LogP contribution is -1.97. The van der Waals surface area contributed by atoms with E-state index >= 15 is 0 Å². The molecule has 0 bridgehead atoms. The standard InChI is InChI=1S/C46H29N3/c1-3-14-31(15-4-1)46-47-40(33-25-26-43-39(28-33)38-21-11-12-22-42(38)49(43)35-17-5-2-6-18-35)29-41(48-46)45-37-20-10-8-16-32(37)27-34-24-23-30-13-7-9-19-36(30)44(34)45/h1-29H. The average Bonchev–Trinajstić information content (AvgIpc) is 3.51. The molecule has 0 aliphatic heterocycles. The molecule has 10 rings (SSSR count). The second kappa shape index (κ2) is 11.0. The van der Waals surface area contributed by atoms with Crippen LogP contribution in [0.3, 0.4) is 0 Å². The maximum Gasteiger partial charge on any atom is 0.160 e. The molecule has 0 N–H and O–H groups in total. The van der Waals surface area contributed by atoms with Gasteiger partial charge in [-0.05, 0) is 74.8 Å². The van der Waals surface area contributed by atoms with Crippen LogP contribution < -0.4 is 0 Å². The number of hydrogen-bond donors (Lipinski definition) is 0. The molecule has 0 amide bonds. The minimum atomic E-state index is 0.709. The van der Waals surface area contributed by atoms with Crippen molar-refractivity contribution in [2.24, 2.45) is 0 Å². The van der Waals surface area contributed by atoms with Crippen molar-refractivity contribution in [3.63, 3.8) is 0 Å². The van der Waals surface area contributed by atoms with E-state index in [1.807, 2.05) is 6.07 Å². The van der Waals surface area contributed by atoms with Crippen LogP contribution in [-0.4, -0.2) is 14.5 Å². The molecule has 0 radical (unpaired) electrons. The number of fused-ring (bicyclic) bond motifs is 7. The third-order valence-corrected chi connectivity index (χ3v) is 9.75. The Bertz CT molecular complexity index is 2870. The predicted molar refractivity (Wildman–Crippen MR) is 205 cm³/mol. The molecular weight excluding hydrogens is 595 g/mol. The number of rotatable bonds is 4. The summed E-state index contributed by atoms with van der Waals surface area (Å²) in [4.78, 5) is 10.6. The Labute approximate surface area is 283 Å². The number of aromatic nitrogens is 3. The topological polar surface area (TPSA) is 30.7 Å². The van der Waals surface area contributed by atoms with E-state index in [4.69, 9.17) is 9.97 Å². The smallest absolute Gasteiger partial charge is 0.160 e. The third-order valence-electron chi connectivity index (χ3n) is 9.75. The van der Waals surface area contributed by atoms with Gasteiger partial charge in [-0.3, -0.25) is 0 Å². The summed E-state index contributed by atoms with van der Waals surface area (Å²) in [6.45, 7) is 0. The Balaban J connectivity index is 1.28. The maximum atomic E-state index is 5.35. The van der Waals surface area contributed by atoms with Gasteiger partial charge in [0, 0.05) is 33.2 Å². The first-order valence-corrected chi connectivity index (χ1v) is 16.7. The van der Waals surface area contributed by atoms with Gasteiger partial charge in [-0.2, -0.15) is 0 Å². The summed E-state index contributed by atoms with van der Waals surface area (Å²) >= 11 is 0. The van der Waals surface area contributed by atoms with Crippen LogP contribution in [0, 0.1) is 0 Å². The summed E-state index contributed by atoms with van der Waals surface area (Å²) in [6.07, 6.45) is 0. The number of nitrogens with zero attached hydrogens (tertiary/aromatic N) is 3. The molecule has 2 heterocycles. The Kier molecular flexibility index (Phi) is 6.18. The molecule has 0 saturated carbocycles. The second-order valence-corrected chi connectivity index (χ2v) is 12.6. The SMILES string of the molecule is c1ccc(-c2nc(-c3ccc4c(c3)c3ccccc3n4-c3ccccc3)cc(-c3c4ccccc4cc4ccc5ccccc5c34)n2)cc1. The molecular formula is C46H29N3. The van der Waals surface area contributed by atoms with Gasteiger partial charge in [0.25, 0.3) is 0 Å². The molecule has 0 unspecified atom stereocenters. The molecule has 0 saturated heterocycles. The molecule has 3 heteroatoms. The predicted octanol–water partition coefficient (Wildman–Crippen LogP) is 12.0. The maximum absolute atomic E-state index is 5.35. The van der Waals surface area contributed by atoms with Crippen molar-refractivity contribution in [1.29, 1.82) is 0 Å². The molecule has 0 aliphatic rings. The van der Waals surface area contributed by atoms with Gasteiger partial charge in [0.15, 0.2) is 5.82 Å². The fourth-order valence-corrected chi connectivity index (χ4v) is 7.53. The number of benzene rings is 8. The van der Waals surface area contributed by atoms with Gasteiger partial charge in [-0.1, -0.05) is 133 Å². The summed E-state index contributed by atoms with van der Waals surface area (Å²) in [5, 5.41) is 9.62. The van der Waals surface area contributed by atoms with Gasteiger partial charge >= 0.3 is 0 Å². The first-order valence-electron chi connectivity index (χ1n) is 16.7. The molecule has 3 nitrogen and oxygen atoms in total. The molecule has 0 aliphatic carbocycles. The Hall–Kier alpha value is -6.58. The molecule has 8 aromatic carbocycles. The Morgan fingerprint density at radius 1 is 0.367 bits per heavy atom. The van der Waals surface area contributed by atoms with E-state index in [9.17, 15) is 0 Å². The van der Waals surface area contributed by atoms with Crippen molar-refractivity contribution in [3.8, 4) is 39.6 Å². The van der Waals surface area contributed by atoms with E-state index < -0.39 is 0 Å². The van der Waals surface area contributed by atoms with Crippen LogP contribution in [0.1, 0.15) is 0 Å². The van der Waals surface area contributed by atoms with Crippen LogP contribution >= 0.6 is 0 Å². The Morgan fingerprint density at radius 2 is 1.00 bits per heavy atom. The normalized spacial score (nSPS) is 11.7. The second-order valence-electron chi connectivity index (χ2n) is 12.6. The first-order chi connectivity index (χ1) is 24.3. The molecule has 0 atom stereocenters. The van der Waals surface area contributed by atoms with Crippen LogP contribution in [0.15, 0.2) is 176 Å². The van der Waals surface area contributed by atoms with E-state index in [0.717, 1.165) is 33.8 Å². The minimum Gasteiger partial charge on any atom is -0.309 e. The lowest BCUT2D eigenvalue weighted by molar-refractivity contribution is 1.18. The first kappa shape index (κ1) is 27.5. The Morgan fingerprint density at radius 3 is 1.84 bits per heavy atom. The van der Waals surface area contributed by atoms with Crippen LogP contribution in [0.4, 0.5) is 0 Å². The highest BCUT2D eigenvalue weighted by atomic mass is 15.0. The zero-order valence-corrected chi connectivity index (χ0v) is 26.6. The average molecular weight is 624 g/mol. The van der Waals surface area contributed by atoms with E-state index in [2.05, 4.69) is 174 Å². The van der Waals surface area contributed by atoms with Crippen molar-refractivity contribution in [2.45, 2.75) is 0 Å². The minimum absolute atomic E-state index is 0.709. The van der Waals surface area contributed by atoms with Gasteiger partial charge in [-0.25, -0.2) is 9.97 Å². The van der Waals surface area contributed by atoms with Crippen LogP contribution in [0.25, 0.3) is 93.7 Å². The molecule has 49 heavy (non-hydrogen) atoms. The highest BCUT2D eigenvalue weighted by Crippen LogP contribution is 2.41. The molecule has 2 aromatic heterocycles. The lowest BCUT2D eigenvalue weighted by atomic mass is 9.90. The molecule has 0 spiro atoms. The third kappa shape index (κ3) is 4.44. The summed E-state index contributed by atoms with van der Waals surface area (Å²) in [5.74, 6) is 0.709. The quantitative estimate of drug-likeness (QED) is 0.144. The van der Waals surface area contributed by atoms with Crippen molar-refractivity contribution >= 4 is 54.1 Å². The van der Waals surface area contributed by atoms with E-state index in [1.54, 1.807) is 0 Å². The zero-order valence-electron chi connectivity index (χ0n) is 26.6. The number of para-hydroxylation sites is 2. The highest BCUT2D eigenvalue weighted by Gasteiger charge is 2.19. The van der Waals surface area contributed by atoms with E-state index in [1.165, 1.54) is 54.1 Å². The summed E-state index contributed by atoms with van der Waals surface area (Å²) in [7, 11) is 0. The number of hydrogen-bond acceptors (Lipinski definition) is 2. The van der Waals surface area contributed by atoms with Gasteiger partial charge in [0.05, 0.1) is 22.4 Å². The van der Waals surface area contributed by atoms with Crippen LogP contribution in [0.5, 0.6) is 0 Å². The monoisotopic (exact) mass is 623 g/mol. The van der Waals surface area contributed by atoms with Crippen LogP contribution in [-0.2, 0) is 0 Å². The fraction of sp³-hybridized carbons (Fsp3) is 0. The summed E-state index contributed by atoms with van der Waals surface area (Å²) in [5.41, 5.74) is 8.47. The van der Waals surface area contributed by atoms with Crippen LogP contribution in [0.2, 0.25) is 0 Å². The van der Waals surface area contributed by atoms with Crippen molar-refractivity contribution in [1.82, 2.24) is 14.5 Å². The van der Waals surface area contributed by atoms with E-state index in [-0.39, 0.29) is 0 Å². The molecule has 228 valence electrons. The largest absolute Gasteiger partial charge is 0.309 e. The molecule has 0 fully saturated rings. The van der Waals surface area contributed by atoms with Crippen molar-refractivity contribution < 1.29 is 0 Å². The fourth-order valence-electron chi connectivity index (χ4n) is 7.53. The molecule has 10 aromatic rings. The zero-order chi connectivity index (χ0) is 32.3. The summed E-state index contributed by atoms with van der Waals surface area (Å²) in [6, 6.07) is 62.6. The van der Waals surface area contributed by atoms with Crippen molar-refractivity contribution in [3.05, 3.63) is 176 Å². The van der Waals surface area contributed by atoms with Gasteiger partial charge in [0.2, 0.25) is 0 Å². The van der Waals surface area contributed by atoms with Crippen molar-refractivity contribution in [2.75, 3.05) is 0 Å². The lowest BCUT2D eigenvalue weighted by Gasteiger charge is -2.16. The highest BCUT2D eigenvalue weighted by molar-refractivity contribution is 6.21.